The van der Waals surface area contributed by atoms with Crippen LogP contribution in [0.25, 0.3) is 0 Å². The fraction of sp³-hybridized carbons (Fsp3) is 0.857. The van der Waals surface area contributed by atoms with Gasteiger partial charge in [-0.2, -0.15) is 0 Å². The Kier molecular flexibility index (Phi) is 4.99. The molecule has 0 radical (unpaired) electrons. The van der Waals surface area contributed by atoms with E-state index in [-0.39, 0.29) is 7.92 Å². The summed E-state index contributed by atoms with van der Waals surface area (Å²) in [6.45, 7) is 9.67. The standard InChI is InChI=1S/C7H16NP/c1-5-8-7(3)9(4)6-2/h5-6H2,1-4H3. The van der Waals surface area contributed by atoms with Crippen LogP contribution in [0.5, 0.6) is 0 Å². The van der Waals surface area contributed by atoms with E-state index >= 15 is 0 Å². The van der Waals surface area contributed by atoms with Crippen molar-refractivity contribution in [1.29, 1.82) is 0 Å². The summed E-state index contributed by atoms with van der Waals surface area (Å²) in [6.07, 6.45) is 1.27. The molecule has 1 unspecified atom stereocenters. The van der Waals surface area contributed by atoms with E-state index < -0.39 is 0 Å². The molecule has 9 heavy (non-hydrogen) atoms. The van der Waals surface area contributed by atoms with Gasteiger partial charge in [0.25, 0.3) is 0 Å². The molecule has 0 N–H and O–H groups in total. The van der Waals surface area contributed by atoms with Crippen molar-refractivity contribution in [3.8, 4) is 0 Å². The fourth-order valence-corrected chi connectivity index (χ4v) is 1.42. The molecule has 1 nitrogen and oxygen atoms in total. The highest BCUT2D eigenvalue weighted by Crippen LogP contribution is 2.31. The molecule has 0 heterocycles. The van der Waals surface area contributed by atoms with Crippen LogP contribution in [0.1, 0.15) is 20.8 Å². The van der Waals surface area contributed by atoms with Gasteiger partial charge < -0.3 is 0 Å². The molecule has 0 spiro atoms. The third-order valence-electron chi connectivity index (χ3n) is 1.41. The van der Waals surface area contributed by atoms with Gasteiger partial charge >= 0.3 is 0 Å². The van der Waals surface area contributed by atoms with E-state index in [1.54, 1.807) is 0 Å². The molecule has 0 saturated heterocycles. The molecule has 0 aliphatic carbocycles. The van der Waals surface area contributed by atoms with Gasteiger partial charge in [0, 0.05) is 12.0 Å². The summed E-state index contributed by atoms with van der Waals surface area (Å²) in [5.41, 5.74) is 1.36. The molecule has 0 amide bonds. The van der Waals surface area contributed by atoms with E-state index in [9.17, 15) is 0 Å². The molecule has 0 aromatic carbocycles. The van der Waals surface area contributed by atoms with Crippen LogP contribution in [0.15, 0.2) is 4.99 Å². The van der Waals surface area contributed by atoms with Crippen molar-refractivity contribution in [2.45, 2.75) is 20.8 Å². The first kappa shape index (κ1) is 9.10. The molecule has 54 valence electrons. The maximum Gasteiger partial charge on any atom is 0.0364 e. The fourth-order valence-electron chi connectivity index (χ4n) is 0.578. The van der Waals surface area contributed by atoms with Gasteiger partial charge in [0.05, 0.1) is 0 Å². The molecule has 0 bridgehead atoms. The van der Waals surface area contributed by atoms with Gasteiger partial charge in [-0.25, -0.2) is 0 Å². The molecule has 0 saturated carbocycles. The lowest BCUT2D eigenvalue weighted by atomic mass is 10.7. The number of aliphatic imine (C=N–C) groups is 1. The molecule has 0 aliphatic heterocycles. The first-order valence-electron chi connectivity index (χ1n) is 3.44. The van der Waals surface area contributed by atoms with Crippen molar-refractivity contribution in [1.82, 2.24) is 0 Å². The maximum absolute atomic E-state index is 4.34. The Morgan fingerprint density at radius 3 is 2.33 bits per heavy atom. The molecule has 0 aliphatic rings. The van der Waals surface area contributed by atoms with Gasteiger partial charge in [-0.15, -0.1) is 0 Å². The summed E-state index contributed by atoms with van der Waals surface area (Å²) in [5.74, 6) is 0. The van der Waals surface area contributed by atoms with Gasteiger partial charge in [0.1, 0.15) is 0 Å². The normalized spacial score (nSPS) is 15.8. The average molecular weight is 145 g/mol. The van der Waals surface area contributed by atoms with Crippen molar-refractivity contribution in [2.75, 3.05) is 19.4 Å². The SMILES string of the molecule is CCN=C(C)P(C)CC. The smallest absolute Gasteiger partial charge is 0.0364 e. The third-order valence-corrected chi connectivity index (χ3v) is 3.61. The predicted octanol–water partition coefficient (Wildman–Crippen LogP) is 2.56. The second kappa shape index (κ2) is 4.93. The van der Waals surface area contributed by atoms with Crippen LogP contribution in [-0.2, 0) is 0 Å². The lowest BCUT2D eigenvalue weighted by Crippen LogP contribution is -1.90. The predicted molar refractivity (Wildman–Crippen MR) is 47.0 cm³/mol. The molecule has 0 aromatic heterocycles. The highest BCUT2D eigenvalue weighted by molar-refractivity contribution is 7.74. The van der Waals surface area contributed by atoms with Gasteiger partial charge in [0.15, 0.2) is 0 Å². The lowest BCUT2D eigenvalue weighted by molar-refractivity contribution is 1.13. The molecular weight excluding hydrogens is 129 g/mol. The van der Waals surface area contributed by atoms with E-state index in [0.717, 1.165) is 6.54 Å². The summed E-state index contributed by atoms with van der Waals surface area (Å²) in [6, 6.07) is 0. The summed E-state index contributed by atoms with van der Waals surface area (Å²) in [7, 11) is 0.105. The Morgan fingerprint density at radius 1 is 1.44 bits per heavy atom. The Hall–Kier alpha value is 0.100. The van der Waals surface area contributed by atoms with E-state index in [1.807, 2.05) is 0 Å². The van der Waals surface area contributed by atoms with Crippen molar-refractivity contribution in [3.05, 3.63) is 0 Å². The van der Waals surface area contributed by atoms with Crippen molar-refractivity contribution < 1.29 is 0 Å². The van der Waals surface area contributed by atoms with Crippen LogP contribution in [0.2, 0.25) is 0 Å². The second-order valence-corrected chi connectivity index (χ2v) is 4.71. The first-order valence-corrected chi connectivity index (χ1v) is 5.42. The summed E-state index contributed by atoms with van der Waals surface area (Å²) < 4.78 is 0. The van der Waals surface area contributed by atoms with Gasteiger partial charge in [0.2, 0.25) is 0 Å². The zero-order valence-electron chi connectivity index (χ0n) is 6.81. The van der Waals surface area contributed by atoms with E-state index in [2.05, 4.69) is 32.4 Å². The van der Waals surface area contributed by atoms with Crippen molar-refractivity contribution >= 4 is 13.4 Å². The highest BCUT2D eigenvalue weighted by Gasteiger charge is 1.98. The zero-order chi connectivity index (χ0) is 7.28. The third kappa shape index (κ3) is 3.64. The largest absolute Gasteiger partial charge is 0.290 e. The van der Waals surface area contributed by atoms with Crippen LogP contribution in [0.3, 0.4) is 0 Å². The quantitative estimate of drug-likeness (QED) is 0.427. The van der Waals surface area contributed by atoms with Crippen LogP contribution in [0, 0.1) is 0 Å². The number of nitrogens with zero attached hydrogens (tertiary/aromatic N) is 1. The van der Waals surface area contributed by atoms with Crippen LogP contribution >= 0.6 is 7.92 Å². The Morgan fingerprint density at radius 2 is 2.00 bits per heavy atom. The minimum absolute atomic E-state index is 0.105. The van der Waals surface area contributed by atoms with Crippen LogP contribution in [0.4, 0.5) is 0 Å². The minimum Gasteiger partial charge on any atom is -0.290 e. The second-order valence-electron chi connectivity index (χ2n) is 2.04. The van der Waals surface area contributed by atoms with Crippen molar-refractivity contribution in [3.63, 3.8) is 0 Å². The molecule has 1 atom stereocenters. The van der Waals surface area contributed by atoms with Gasteiger partial charge in [-0.1, -0.05) is 14.8 Å². The van der Waals surface area contributed by atoms with Crippen molar-refractivity contribution in [2.24, 2.45) is 4.99 Å². The number of hydrogen-bond acceptors (Lipinski definition) is 1. The molecule has 0 aromatic rings. The summed E-state index contributed by atoms with van der Waals surface area (Å²) >= 11 is 0. The maximum atomic E-state index is 4.34. The van der Waals surface area contributed by atoms with Crippen LogP contribution < -0.4 is 0 Å². The minimum atomic E-state index is 0.105. The Balaban J connectivity index is 3.70. The summed E-state index contributed by atoms with van der Waals surface area (Å²) in [4.78, 5) is 4.34. The average Bonchev–Trinajstić information content (AvgIpc) is 1.87. The monoisotopic (exact) mass is 145 g/mol. The van der Waals surface area contributed by atoms with Gasteiger partial charge in [-0.3, -0.25) is 4.99 Å². The van der Waals surface area contributed by atoms with E-state index in [0.29, 0.717) is 0 Å². The topological polar surface area (TPSA) is 12.4 Å². The Bertz CT molecular complexity index is 99.1. The highest BCUT2D eigenvalue weighted by atomic mass is 31.1. The van der Waals surface area contributed by atoms with E-state index in [4.69, 9.17) is 0 Å². The molecular formula is C7H16NP. The molecule has 2 heteroatoms. The van der Waals surface area contributed by atoms with E-state index in [1.165, 1.54) is 11.6 Å². The molecule has 0 rings (SSSR count). The number of hydrogen-bond donors (Lipinski definition) is 0. The van der Waals surface area contributed by atoms with Crippen LogP contribution in [-0.4, -0.2) is 24.8 Å². The lowest BCUT2D eigenvalue weighted by Gasteiger charge is -2.06. The molecule has 0 fully saturated rings. The number of rotatable bonds is 3. The summed E-state index contributed by atoms with van der Waals surface area (Å²) in [5, 5.41) is 0. The Labute approximate surface area is 59.3 Å². The first-order chi connectivity index (χ1) is 4.22. The zero-order valence-corrected chi connectivity index (χ0v) is 7.70. The van der Waals surface area contributed by atoms with Gasteiger partial charge in [-0.05, 0) is 26.7 Å².